The quantitative estimate of drug-likeness (QED) is 0.599. The van der Waals surface area contributed by atoms with Gasteiger partial charge in [-0.25, -0.2) is 13.4 Å². The number of sulfonamides is 1. The van der Waals surface area contributed by atoms with E-state index in [0.29, 0.717) is 23.7 Å². The number of hydrogen-bond donors (Lipinski definition) is 0. The smallest absolute Gasteiger partial charge is 0.243 e. The molecule has 3 aromatic rings. The number of nitriles is 1. The van der Waals surface area contributed by atoms with Gasteiger partial charge in [-0.3, -0.25) is 4.79 Å². The molecule has 142 valence electrons. The van der Waals surface area contributed by atoms with Gasteiger partial charge in [0.2, 0.25) is 10.0 Å². The molecule has 0 amide bonds. The molecule has 0 spiro atoms. The van der Waals surface area contributed by atoms with E-state index in [4.69, 9.17) is 0 Å². The highest BCUT2D eigenvalue weighted by molar-refractivity contribution is 7.89. The Kier molecular flexibility index (Phi) is 4.98. The number of carbonyl (C=O) groups is 1. The molecular formula is C20H17N3O3S2. The largest absolute Gasteiger partial charge is 0.292 e. The van der Waals surface area contributed by atoms with Crippen LogP contribution in [0.2, 0.25) is 0 Å². The van der Waals surface area contributed by atoms with E-state index in [1.54, 1.807) is 0 Å². The second-order valence-corrected chi connectivity index (χ2v) is 9.58. The first-order chi connectivity index (χ1) is 13.5. The summed E-state index contributed by atoms with van der Waals surface area (Å²) in [5, 5.41) is 10.0. The lowest BCUT2D eigenvalue weighted by molar-refractivity contribution is 0.0978. The first kappa shape index (κ1) is 18.7. The Morgan fingerprint density at radius 3 is 2.43 bits per heavy atom. The van der Waals surface area contributed by atoms with Crippen LogP contribution in [0.3, 0.4) is 0 Å². The molecule has 0 N–H and O–H groups in total. The number of carbonyl (C=O) groups excluding carboxylic acids is 1. The second-order valence-electron chi connectivity index (χ2n) is 6.58. The van der Waals surface area contributed by atoms with Gasteiger partial charge in [-0.1, -0.05) is 24.3 Å². The highest BCUT2D eigenvalue weighted by Gasteiger charge is 2.29. The third-order valence-electron chi connectivity index (χ3n) is 4.79. The molecule has 8 heteroatoms. The zero-order valence-electron chi connectivity index (χ0n) is 14.9. The van der Waals surface area contributed by atoms with Gasteiger partial charge >= 0.3 is 0 Å². The Hall–Kier alpha value is -2.60. The predicted molar refractivity (Wildman–Crippen MR) is 107 cm³/mol. The average Bonchev–Trinajstić information content (AvgIpc) is 3.39. The number of Topliss-reactive ketones (excluding diaryl/α,β-unsaturated/α-hetero) is 1. The van der Waals surface area contributed by atoms with Crippen molar-refractivity contribution in [2.24, 2.45) is 0 Å². The second kappa shape index (κ2) is 7.43. The Balaban J connectivity index is 1.61. The monoisotopic (exact) mass is 411 g/mol. The van der Waals surface area contributed by atoms with Gasteiger partial charge in [0, 0.05) is 18.7 Å². The van der Waals surface area contributed by atoms with Gasteiger partial charge in [-0.15, -0.1) is 11.3 Å². The molecule has 0 saturated carbocycles. The van der Waals surface area contributed by atoms with Crippen molar-refractivity contribution in [2.45, 2.75) is 23.7 Å². The van der Waals surface area contributed by atoms with Crippen molar-refractivity contribution in [3.05, 3.63) is 59.1 Å². The standard InChI is InChI=1S/C20H17N3O3S2/c21-13-16(20-22-17-5-1-2-6-18(17)27-20)19(24)14-7-9-15(10-8-14)28(25,26)23-11-3-4-12-23/h1-2,5-10,16H,3-4,11-12H2/t16-/m0/s1. The summed E-state index contributed by atoms with van der Waals surface area (Å²) < 4.78 is 27.6. The number of fused-ring (bicyclic) bond motifs is 1. The summed E-state index contributed by atoms with van der Waals surface area (Å²) in [5.74, 6) is -1.40. The van der Waals surface area contributed by atoms with E-state index >= 15 is 0 Å². The molecule has 0 radical (unpaired) electrons. The Labute approximate surface area is 167 Å². The van der Waals surface area contributed by atoms with Crippen molar-refractivity contribution in [1.29, 1.82) is 5.26 Å². The lowest BCUT2D eigenvalue weighted by atomic mass is 9.99. The predicted octanol–water partition coefficient (Wildman–Crippen LogP) is 3.57. The molecule has 1 aliphatic heterocycles. The first-order valence-electron chi connectivity index (χ1n) is 8.90. The summed E-state index contributed by atoms with van der Waals surface area (Å²) in [6.07, 6.45) is 1.73. The van der Waals surface area contributed by atoms with E-state index in [-0.39, 0.29) is 10.7 Å². The Morgan fingerprint density at radius 1 is 1.11 bits per heavy atom. The minimum absolute atomic E-state index is 0.166. The molecule has 0 bridgehead atoms. The zero-order valence-corrected chi connectivity index (χ0v) is 16.5. The summed E-state index contributed by atoms with van der Waals surface area (Å²) in [5.41, 5.74) is 1.05. The number of rotatable bonds is 5. The summed E-state index contributed by atoms with van der Waals surface area (Å²) in [7, 11) is -3.53. The molecule has 4 rings (SSSR count). The average molecular weight is 412 g/mol. The van der Waals surface area contributed by atoms with Crippen LogP contribution in [0.15, 0.2) is 53.4 Å². The van der Waals surface area contributed by atoms with Gasteiger partial charge in [0.15, 0.2) is 11.7 Å². The molecule has 6 nitrogen and oxygen atoms in total. The molecule has 0 unspecified atom stereocenters. The number of thiazole rings is 1. The van der Waals surface area contributed by atoms with Crippen LogP contribution in [-0.2, 0) is 10.0 Å². The van der Waals surface area contributed by atoms with Crippen LogP contribution >= 0.6 is 11.3 Å². The van der Waals surface area contributed by atoms with Gasteiger partial charge in [0.1, 0.15) is 5.01 Å². The third-order valence-corrected chi connectivity index (χ3v) is 7.80. The molecule has 2 heterocycles. The topological polar surface area (TPSA) is 91.1 Å². The maximum Gasteiger partial charge on any atom is 0.243 e. The SMILES string of the molecule is N#C[C@@H](C(=O)c1ccc(S(=O)(=O)N2CCCC2)cc1)c1nc2ccccc2s1. The maximum atomic E-state index is 12.9. The van der Waals surface area contributed by atoms with Crippen LogP contribution < -0.4 is 0 Å². The van der Waals surface area contributed by atoms with Gasteiger partial charge < -0.3 is 0 Å². The molecule has 0 aliphatic carbocycles. The van der Waals surface area contributed by atoms with Crippen LogP contribution in [0.4, 0.5) is 0 Å². The van der Waals surface area contributed by atoms with Crippen molar-refractivity contribution in [1.82, 2.24) is 9.29 Å². The molecule has 1 fully saturated rings. The molecule has 1 aromatic heterocycles. The number of aromatic nitrogens is 1. The van der Waals surface area contributed by atoms with Crippen LogP contribution in [0, 0.1) is 11.3 Å². The number of para-hydroxylation sites is 1. The Bertz CT molecular complexity index is 1140. The summed E-state index contributed by atoms with van der Waals surface area (Å²) >= 11 is 1.32. The highest BCUT2D eigenvalue weighted by atomic mass is 32.2. The minimum atomic E-state index is -3.53. The van der Waals surface area contributed by atoms with Gasteiger partial charge in [-0.2, -0.15) is 9.57 Å². The normalized spacial score (nSPS) is 16.1. The Morgan fingerprint density at radius 2 is 1.79 bits per heavy atom. The van der Waals surface area contributed by atoms with Crippen molar-refractivity contribution < 1.29 is 13.2 Å². The van der Waals surface area contributed by atoms with Crippen molar-refractivity contribution in [3.63, 3.8) is 0 Å². The maximum absolute atomic E-state index is 12.9. The van der Waals surface area contributed by atoms with E-state index in [1.807, 2.05) is 30.3 Å². The lowest BCUT2D eigenvalue weighted by Gasteiger charge is -2.15. The minimum Gasteiger partial charge on any atom is -0.292 e. The van der Waals surface area contributed by atoms with E-state index in [2.05, 4.69) is 4.98 Å². The summed E-state index contributed by atoms with van der Waals surface area (Å²) in [6, 6.07) is 15.3. The van der Waals surface area contributed by atoms with E-state index in [0.717, 1.165) is 23.1 Å². The van der Waals surface area contributed by atoms with Gasteiger partial charge in [0.25, 0.3) is 0 Å². The molecule has 2 aromatic carbocycles. The van der Waals surface area contributed by atoms with Crippen LogP contribution in [0.5, 0.6) is 0 Å². The zero-order chi connectivity index (χ0) is 19.7. The lowest BCUT2D eigenvalue weighted by Crippen LogP contribution is -2.27. The fraction of sp³-hybridized carbons (Fsp3) is 0.250. The van der Waals surface area contributed by atoms with Crippen LogP contribution in [0.1, 0.15) is 34.1 Å². The van der Waals surface area contributed by atoms with Crippen LogP contribution in [-0.4, -0.2) is 36.6 Å². The van der Waals surface area contributed by atoms with Crippen LogP contribution in [0.25, 0.3) is 10.2 Å². The van der Waals surface area contributed by atoms with Gasteiger partial charge in [0.05, 0.1) is 21.2 Å². The highest BCUT2D eigenvalue weighted by Crippen LogP contribution is 2.30. The van der Waals surface area contributed by atoms with E-state index < -0.39 is 15.9 Å². The molecule has 28 heavy (non-hydrogen) atoms. The van der Waals surface area contributed by atoms with Crippen molar-refractivity contribution >= 4 is 37.4 Å². The molecular weight excluding hydrogens is 394 g/mol. The summed E-state index contributed by atoms with van der Waals surface area (Å²) in [6.45, 7) is 1.05. The van der Waals surface area contributed by atoms with Crippen molar-refractivity contribution in [2.75, 3.05) is 13.1 Å². The number of ketones is 1. The number of hydrogen-bond acceptors (Lipinski definition) is 6. The van der Waals surface area contributed by atoms with E-state index in [9.17, 15) is 18.5 Å². The summed E-state index contributed by atoms with van der Waals surface area (Å²) in [4.78, 5) is 17.4. The number of benzene rings is 2. The van der Waals surface area contributed by atoms with Gasteiger partial charge in [-0.05, 0) is 37.1 Å². The fourth-order valence-corrected chi connectivity index (χ4v) is 5.80. The number of nitrogens with zero attached hydrogens (tertiary/aromatic N) is 3. The molecule has 1 atom stereocenters. The van der Waals surface area contributed by atoms with E-state index in [1.165, 1.54) is 39.9 Å². The third kappa shape index (κ3) is 3.33. The first-order valence-corrected chi connectivity index (χ1v) is 11.2. The molecule has 1 aliphatic rings. The molecule has 1 saturated heterocycles. The fourth-order valence-electron chi connectivity index (χ4n) is 3.27. The van der Waals surface area contributed by atoms with Crippen molar-refractivity contribution in [3.8, 4) is 6.07 Å².